The minimum Gasteiger partial charge on any atom is -0.352 e. The highest BCUT2D eigenvalue weighted by molar-refractivity contribution is 8.00. The molecule has 1 aliphatic rings. The van der Waals surface area contributed by atoms with Crippen LogP contribution in [-0.2, 0) is 9.59 Å². The number of rotatable bonds is 6. The molecule has 0 spiro atoms. The van der Waals surface area contributed by atoms with Crippen LogP contribution in [0.3, 0.4) is 0 Å². The summed E-state index contributed by atoms with van der Waals surface area (Å²) < 4.78 is 0. The molecule has 108 valence electrons. The van der Waals surface area contributed by atoms with Crippen LogP contribution in [-0.4, -0.2) is 29.7 Å². The summed E-state index contributed by atoms with van der Waals surface area (Å²) in [4.78, 5) is 24.3. The highest BCUT2D eigenvalue weighted by Crippen LogP contribution is 2.24. The summed E-state index contributed by atoms with van der Waals surface area (Å²) in [5.74, 6) is -0.263. The number of nitrogens with one attached hydrogen (secondary N) is 2. The van der Waals surface area contributed by atoms with Crippen molar-refractivity contribution in [2.45, 2.75) is 36.0 Å². The van der Waals surface area contributed by atoms with E-state index >= 15 is 0 Å². The molecule has 2 amide bonds. The van der Waals surface area contributed by atoms with Gasteiger partial charge in [0.15, 0.2) is 0 Å². The molecule has 0 aromatic heterocycles. The smallest absolute Gasteiger partial charge is 0.239 e. The van der Waals surface area contributed by atoms with Crippen molar-refractivity contribution in [3.8, 4) is 0 Å². The second-order valence-electron chi connectivity index (χ2n) is 4.77. The third-order valence-electron chi connectivity index (χ3n) is 2.86. The molecule has 0 radical (unpaired) electrons. The van der Waals surface area contributed by atoms with Crippen LogP contribution >= 0.6 is 23.4 Å². The minimum absolute atomic E-state index is 0.0425. The predicted octanol–water partition coefficient (Wildman–Crippen LogP) is 2.22. The summed E-state index contributed by atoms with van der Waals surface area (Å²) in [5, 5.41) is 5.89. The largest absolute Gasteiger partial charge is 0.352 e. The summed E-state index contributed by atoms with van der Waals surface area (Å²) in [6, 6.07) is 7.64. The van der Waals surface area contributed by atoms with E-state index in [0.29, 0.717) is 11.1 Å². The van der Waals surface area contributed by atoms with Crippen molar-refractivity contribution in [3.63, 3.8) is 0 Å². The molecule has 0 unspecified atom stereocenters. The van der Waals surface area contributed by atoms with E-state index in [2.05, 4.69) is 10.6 Å². The van der Waals surface area contributed by atoms with E-state index < -0.39 is 0 Å². The zero-order valence-electron chi connectivity index (χ0n) is 11.2. The monoisotopic (exact) mass is 312 g/mol. The van der Waals surface area contributed by atoms with Gasteiger partial charge in [0.1, 0.15) is 0 Å². The Morgan fingerprint density at radius 2 is 2.00 bits per heavy atom. The van der Waals surface area contributed by atoms with E-state index in [4.69, 9.17) is 11.6 Å². The van der Waals surface area contributed by atoms with Gasteiger partial charge in [-0.3, -0.25) is 9.59 Å². The first kappa shape index (κ1) is 15.2. The molecule has 0 aliphatic heterocycles. The SMILES string of the molecule is C[C@@H](Sc1ccc(Cl)cc1)C(=O)NCC(=O)NC1CC1. The minimum atomic E-state index is -0.259. The molecule has 1 fully saturated rings. The van der Waals surface area contributed by atoms with Gasteiger partial charge in [-0.1, -0.05) is 11.6 Å². The van der Waals surface area contributed by atoms with Gasteiger partial charge >= 0.3 is 0 Å². The fourth-order valence-corrected chi connectivity index (χ4v) is 2.61. The fourth-order valence-electron chi connectivity index (χ4n) is 1.59. The van der Waals surface area contributed by atoms with E-state index in [9.17, 15) is 9.59 Å². The van der Waals surface area contributed by atoms with E-state index in [1.54, 1.807) is 12.1 Å². The van der Waals surface area contributed by atoms with Gasteiger partial charge in [0.25, 0.3) is 0 Å². The van der Waals surface area contributed by atoms with Crippen molar-refractivity contribution in [1.29, 1.82) is 0 Å². The van der Waals surface area contributed by atoms with Crippen LogP contribution in [0.2, 0.25) is 5.02 Å². The normalized spacial score (nSPS) is 15.5. The summed E-state index contributed by atoms with van der Waals surface area (Å²) in [5.41, 5.74) is 0. The summed E-state index contributed by atoms with van der Waals surface area (Å²) in [6.45, 7) is 1.86. The van der Waals surface area contributed by atoms with Gasteiger partial charge in [-0.05, 0) is 44.0 Å². The van der Waals surface area contributed by atoms with Gasteiger partial charge in [0.05, 0.1) is 11.8 Å². The molecule has 1 atom stereocenters. The van der Waals surface area contributed by atoms with Crippen LogP contribution < -0.4 is 10.6 Å². The molecule has 20 heavy (non-hydrogen) atoms. The zero-order chi connectivity index (χ0) is 14.5. The third-order valence-corrected chi connectivity index (χ3v) is 4.23. The lowest BCUT2D eigenvalue weighted by Gasteiger charge is -2.12. The highest BCUT2D eigenvalue weighted by atomic mass is 35.5. The van der Waals surface area contributed by atoms with Crippen LogP contribution in [0.25, 0.3) is 0 Å². The second kappa shape index (κ2) is 6.99. The van der Waals surface area contributed by atoms with Crippen LogP contribution in [0.4, 0.5) is 0 Å². The topological polar surface area (TPSA) is 58.2 Å². The molecule has 0 heterocycles. The van der Waals surface area contributed by atoms with Gasteiger partial charge in [0, 0.05) is 16.0 Å². The van der Waals surface area contributed by atoms with E-state index in [1.807, 2.05) is 19.1 Å². The fraction of sp³-hybridized carbons (Fsp3) is 0.429. The number of benzene rings is 1. The first-order valence-electron chi connectivity index (χ1n) is 6.54. The van der Waals surface area contributed by atoms with Crippen molar-refractivity contribution in [3.05, 3.63) is 29.3 Å². The average molecular weight is 313 g/mol. The standard InChI is InChI=1S/C14H17ClN2O2S/c1-9(20-12-6-2-10(15)3-7-12)14(19)16-8-13(18)17-11-4-5-11/h2-3,6-7,9,11H,4-5,8H2,1H3,(H,16,19)(H,17,18)/t9-/m1/s1. The lowest BCUT2D eigenvalue weighted by molar-refractivity contribution is -0.125. The Kier molecular flexibility index (Phi) is 5.31. The Bertz CT molecular complexity index is 488. The number of carbonyl (C=O) groups is 2. The Hall–Kier alpha value is -1.20. The average Bonchev–Trinajstić information content (AvgIpc) is 3.22. The molecule has 0 saturated heterocycles. The van der Waals surface area contributed by atoms with Crippen LogP contribution in [0.5, 0.6) is 0 Å². The summed E-state index contributed by atoms with van der Waals surface area (Å²) >= 11 is 7.24. The van der Waals surface area contributed by atoms with E-state index in [-0.39, 0.29) is 23.6 Å². The zero-order valence-corrected chi connectivity index (χ0v) is 12.8. The lowest BCUT2D eigenvalue weighted by atomic mass is 10.4. The van der Waals surface area contributed by atoms with Crippen LogP contribution in [0.15, 0.2) is 29.2 Å². The first-order valence-corrected chi connectivity index (χ1v) is 7.79. The number of halogens is 1. The van der Waals surface area contributed by atoms with Gasteiger partial charge in [-0.2, -0.15) is 0 Å². The summed E-state index contributed by atoms with van der Waals surface area (Å²) in [6.07, 6.45) is 2.09. The Balaban J connectivity index is 1.73. The maximum absolute atomic E-state index is 11.9. The quantitative estimate of drug-likeness (QED) is 0.792. The highest BCUT2D eigenvalue weighted by Gasteiger charge is 2.23. The van der Waals surface area contributed by atoms with Crippen molar-refractivity contribution < 1.29 is 9.59 Å². The Morgan fingerprint density at radius 3 is 2.60 bits per heavy atom. The predicted molar refractivity (Wildman–Crippen MR) is 80.9 cm³/mol. The number of amides is 2. The van der Waals surface area contributed by atoms with Crippen molar-refractivity contribution in [2.75, 3.05) is 6.54 Å². The number of carbonyl (C=O) groups excluding carboxylic acids is 2. The molecule has 2 N–H and O–H groups in total. The molecule has 1 aromatic rings. The Labute approximate surface area is 127 Å². The van der Waals surface area contributed by atoms with Gasteiger partial charge in [-0.25, -0.2) is 0 Å². The molecular formula is C14H17ClN2O2S. The van der Waals surface area contributed by atoms with Crippen molar-refractivity contribution in [2.24, 2.45) is 0 Å². The van der Waals surface area contributed by atoms with Crippen molar-refractivity contribution in [1.82, 2.24) is 10.6 Å². The number of thioether (sulfide) groups is 1. The first-order chi connectivity index (χ1) is 9.54. The van der Waals surface area contributed by atoms with Crippen LogP contribution in [0.1, 0.15) is 19.8 Å². The van der Waals surface area contributed by atoms with E-state index in [0.717, 1.165) is 17.7 Å². The molecule has 0 bridgehead atoms. The summed E-state index contributed by atoms with van der Waals surface area (Å²) in [7, 11) is 0. The second-order valence-corrected chi connectivity index (χ2v) is 6.62. The van der Waals surface area contributed by atoms with Crippen molar-refractivity contribution >= 4 is 35.2 Å². The Morgan fingerprint density at radius 1 is 1.35 bits per heavy atom. The third kappa shape index (κ3) is 5.06. The molecule has 4 nitrogen and oxygen atoms in total. The molecule has 6 heteroatoms. The van der Waals surface area contributed by atoms with Gasteiger partial charge in [-0.15, -0.1) is 11.8 Å². The van der Waals surface area contributed by atoms with Crippen LogP contribution in [0, 0.1) is 0 Å². The maximum atomic E-state index is 11.9. The maximum Gasteiger partial charge on any atom is 0.239 e. The van der Waals surface area contributed by atoms with Gasteiger partial charge in [0.2, 0.25) is 11.8 Å². The number of hydrogen-bond acceptors (Lipinski definition) is 3. The molecule has 2 rings (SSSR count). The van der Waals surface area contributed by atoms with Gasteiger partial charge < -0.3 is 10.6 Å². The lowest BCUT2D eigenvalue weighted by Crippen LogP contribution is -2.40. The molecular weight excluding hydrogens is 296 g/mol. The molecule has 1 aliphatic carbocycles. The molecule has 1 saturated carbocycles. The number of hydrogen-bond donors (Lipinski definition) is 2. The van der Waals surface area contributed by atoms with E-state index in [1.165, 1.54) is 11.8 Å². The molecule has 1 aromatic carbocycles.